The molecule has 0 saturated carbocycles. The summed E-state index contributed by atoms with van der Waals surface area (Å²) in [4.78, 5) is 0. The first-order chi connectivity index (χ1) is 11.7. The molecule has 1 unspecified atom stereocenters. The van der Waals surface area contributed by atoms with Crippen molar-refractivity contribution in [3.63, 3.8) is 0 Å². The van der Waals surface area contributed by atoms with Gasteiger partial charge in [0.1, 0.15) is 5.82 Å². The molecule has 1 atom stereocenters. The fourth-order valence-corrected chi connectivity index (χ4v) is 3.02. The molecule has 0 aliphatic carbocycles. The quantitative estimate of drug-likeness (QED) is 0.589. The van der Waals surface area contributed by atoms with Crippen LogP contribution in [-0.4, -0.2) is 13.1 Å². The fraction of sp³-hybridized carbons (Fsp3) is 0.333. The van der Waals surface area contributed by atoms with E-state index in [1.54, 1.807) is 0 Å². The molecule has 0 bridgehead atoms. The third-order valence-corrected chi connectivity index (χ3v) is 4.31. The van der Waals surface area contributed by atoms with Crippen molar-refractivity contribution in [3.05, 3.63) is 57.9 Å². The Morgan fingerprint density at radius 1 is 1.00 bits per heavy atom. The predicted octanol–water partition coefficient (Wildman–Crippen LogP) is 2.49. The highest BCUT2D eigenvalue weighted by Crippen LogP contribution is 2.36. The molecule has 1 aromatic carbocycles. The molecule has 0 radical (unpaired) electrons. The molecular formula is C18H21N5S. The summed E-state index contributed by atoms with van der Waals surface area (Å²) < 4.78 is 0. The summed E-state index contributed by atoms with van der Waals surface area (Å²) >= 11 is 4.21. The van der Waals surface area contributed by atoms with Crippen LogP contribution >= 0.6 is 12.6 Å². The van der Waals surface area contributed by atoms with E-state index in [4.69, 9.17) is 5.73 Å². The second-order valence-electron chi connectivity index (χ2n) is 5.59. The van der Waals surface area contributed by atoms with E-state index in [1.807, 2.05) is 30.3 Å². The van der Waals surface area contributed by atoms with Crippen LogP contribution < -0.4 is 16.4 Å². The summed E-state index contributed by atoms with van der Waals surface area (Å²) in [6, 6.07) is 13.5. The van der Waals surface area contributed by atoms with Crippen molar-refractivity contribution in [2.75, 3.05) is 13.1 Å². The first-order valence-electron chi connectivity index (χ1n) is 7.94. The Kier molecular flexibility index (Phi) is 6.74. The van der Waals surface area contributed by atoms with Crippen LogP contribution in [0.4, 0.5) is 0 Å². The Morgan fingerprint density at radius 3 is 2.08 bits per heavy atom. The van der Waals surface area contributed by atoms with Crippen LogP contribution in [0.5, 0.6) is 0 Å². The van der Waals surface area contributed by atoms with Gasteiger partial charge in [0.2, 0.25) is 0 Å². The highest BCUT2D eigenvalue weighted by molar-refractivity contribution is 7.84. The van der Waals surface area contributed by atoms with Crippen LogP contribution in [0.25, 0.3) is 0 Å². The number of rotatable bonds is 1. The van der Waals surface area contributed by atoms with Crippen molar-refractivity contribution >= 4 is 12.6 Å². The van der Waals surface area contributed by atoms with Crippen molar-refractivity contribution in [1.82, 2.24) is 10.6 Å². The maximum Gasteiger partial charge on any atom is 0.116 e. The van der Waals surface area contributed by atoms with Crippen LogP contribution in [0.1, 0.15) is 30.7 Å². The summed E-state index contributed by atoms with van der Waals surface area (Å²) in [6.07, 6.45) is 4.22. The molecule has 24 heavy (non-hydrogen) atoms. The Bertz CT molecular complexity index is 658. The molecule has 6 heteroatoms. The van der Waals surface area contributed by atoms with Crippen molar-refractivity contribution < 1.29 is 0 Å². The van der Waals surface area contributed by atoms with Crippen molar-refractivity contribution in [2.24, 2.45) is 5.73 Å². The Morgan fingerprint density at radius 2 is 1.62 bits per heavy atom. The molecule has 4 N–H and O–H groups in total. The van der Waals surface area contributed by atoms with E-state index in [1.165, 1.54) is 32.4 Å². The van der Waals surface area contributed by atoms with Crippen molar-refractivity contribution in [3.8, 4) is 12.1 Å². The average Bonchev–Trinajstić information content (AvgIpc) is 2.64. The van der Waals surface area contributed by atoms with Gasteiger partial charge in [-0.05, 0) is 31.5 Å². The first kappa shape index (κ1) is 17.9. The fourth-order valence-electron chi connectivity index (χ4n) is 2.72. The van der Waals surface area contributed by atoms with Gasteiger partial charge in [-0.2, -0.15) is 10.5 Å². The van der Waals surface area contributed by atoms with E-state index in [9.17, 15) is 10.5 Å². The second kappa shape index (κ2) is 9.02. The maximum atomic E-state index is 9.22. The van der Waals surface area contributed by atoms with Gasteiger partial charge in [-0.25, -0.2) is 0 Å². The van der Waals surface area contributed by atoms with E-state index in [2.05, 4.69) is 35.4 Å². The molecule has 124 valence electrons. The van der Waals surface area contributed by atoms with Crippen LogP contribution in [0.2, 0.25) is 0 Å². The molecule has 3 rings (SSSR count). The third kappa shape index (κ3) is 4.32. The first-order valence-corrected chi connectivity index (χ1v) is 8.39. The topological polar surface area (TPSA) is 97.7 Å². The number of allylic oxidation sites excluding steroid dienone is 2. The molecule has 1 aromatic rings. The number of nitriles is 2. The number of piperidine rings is 1. The molecule has 0 aromatic heterocycles. The molecule has 1 saturated heterocycles. The zero-order valence-corrected chi connectivity index (χ0v) is 14.3. The molecule has 0 spiro atoms. The van der Waals surface area contributed by atoms with E-state index in [0.29, 0.717) is 16.2 Å². The minimum Gasteiger partial charge on any atom is -0.384 e. The standard InChI is InChI=1S/C13H10N4S.C5H11N/c14-6-9-11(8-4-2-1-3-5-8)10(7-15)13(18)17-12(9)16;1-2-4-6-5-3-1/h1-5,11,17-18H,16H2;6H,1-5H2. The minimum atomic E-state index is -0.449. The van der Waals surface area contributed by atoms with Gasteiger partial charge in [0.15, 0.2) is 0 Å². The molecule has 0 amide bonds. The van der Waals surface area contributed by atoms with Crippen LogP contribution in [0, 0.1) is 22.7 Å². The van der Waals surface area contributed by atoms with E-state index >= 15 is 0 Å². The number of hydrogen-bond donors (Lipinski definition) is 4. The van der Waals surface area contributed by atoms with Gasteiger partial charge in [0.05, 0.1) is 34.2 Å². The SMILES string of the molecule is C1CCNCC1.N#CC1=C(N)NC(S)=C(C#N)C1c1ccccc1. The number of dihydropyridines is 1. The molecule has 2 aliphatic rings. The predicted molar refractivity (Wildman–Crippen MR) is 97.5 cm³/mol. The molecular weight excluding hydrogens is 318 g/mol. The van der Waals surface area contributed by atoms with Gasteiger partial charge < -0.3 is 16.4 Å². The van der Waals surface area contributed by atoms with Gasteiger partial charge in [-0.15, -0.1) is 12.6 Å². The summed E-state index contributed by atoms with van der Waals surface area (Å²) in [6.45, 7) is 2.50. The summed E-state index contributed by atoms with van der Waals surface area (Å²) in [7, 11) is 0. The summed E-state index contributed by atoms with van der Waals surface area (Å²) in [5.41, 5.74) is 7.37. The Balaban J connectivity index is 0.000000292. The highest BCUT2D eigenvalue weighted by Gasteiger charge is 2.30. The lowest BCUT2D eigenvalue weighted by Gasteiger charge is -2.24. The van der Waals surface area contributed by atoms with Crippen LogP contribution in [0.15, 0.2) is 52.3 Å². The van der Waals surface area contributed by atoms with E-state index < -0.39 is 5.92 Å². The highest BCUT2D eigenvalue weighted by atomic mass is 32.1. The van der Waals surface area contributed by atoms with Gasteiger partial charge in [-0.3, -0.25) is 0 Å². The molecule has 1 fully saturated rings. The Hall–Kier alpha value is -2.41. The molecule has 5 nitrogen and oxygen atoms in total. The monoisotopic (exact) mass is 339 g/mol. The lowest BCUT2D eigenvalue weighted by atomic mass is 9.84. The lowest BCUT2D eigenvalue weighted by molar-refractivity contribution is 0.520. The number of nitrogens with one attached hydrogen (secondary N) is 2. The maximum absolute atomic E-state index is 9.22. The van der Waals surface area contributed by atoms with Gasteiger partial charge in [0.25, 0.3) is 0 Å². The number of benzene rings is 1. The number of hydrogen-bond acceptors (Lipinski definition) is 6. The Labute approximate surface area is 148 Å². The van der Waals surface area contributed by atoms with Crippen LogP contribution in [-0.2, 0) is 0 Å². The normalized spacial score (nSPS) is 20.2. The average molecular weight is 339 g/mol. The van der Waals surface area contributed by atoms with E-state index in [-0.39, 0.29) is 5.82 Å². The van der Waals surface area contributed by atoms with Crippen molar-refractivity contribution in [2.45, 2.75) is 25.2 Å². The lowest BCUT2D eigenvalue weighted by Crippen LogP contribution is -2.28. The summed E-state index contributed by atoms with van der Waals surface area (Å²) in [5.74, 6) is -0.203. The number of nitrogens with zero attached hydrogens (tertiary/aromatic N) is 2. The van der Waals surface area contributed by atoms with E-state index in [0.717, 1.165) is 5.56 Å². The second-order valence-corrected chi connectivity index (χ2v) is 6.04. The third-order valence-electron chi connectivity index (χ3n) is 3.96. The zero-order chi connectivity index (χ0) is 17.4. The summed E-state index contributed by atoms with van der Waals surface area (Å²) in [5, 5.41) is 24.8. The smallest absolute Gasteiger partial charge is 0.116 e. The minimum absolute atomic E-state index is 0.246. The van der Waals surface area contributed by atoms with Crippen molar-refractivity contribution in [1.29, 1.82) is 10.5 Å². The largest absolute Gasteiger partial charge is 0.384 e. The number of nitrogens with two attached hydrogens (primary N) is 1. The molecule has 2 heterocycles. The van der Waals surface area contributed by atoms with Gasteiger partial charge in [0, 0.05) is 0 Å². The zero-order valence-electron chi connectivity index (χ0n) is 13.4. The van der Waals surface area contributed by atoms with Gasteiger partial charge in [-0.1, -0.05) is 36.8 Å². The van der Waals surface area contributed by atoms with Gasteiger partial charge >= 0.3 is 0 Å². The van der Waals surface area contributed by atoms with Crippen LogP contribution in [0.3, 0.4) is 0 Å². The molecule has 2 aliphatic heterocycles. The number of thiol groups is 1.